The summed E-state index contributed by atoms with van der Waals surface area (Å²) in [5.41, 5.74) is 1.30. The zero-order valence-electron chi connectivity index (χ0n) is 20.8. The number of aliphatic hydroxyl groups is 1. The molecule has 2 aromatic rings. The average Bonchev–Trinajstić information content (AvgIpc) is 3.49. The molecule has 1 spiro atoms. The lowest BCUT2D eigenvalue weighted by Crippen LogP contribution is -2.52. The summed E-state index contributed by atoms with van der Waals surface area (Å²) in [6.07, 6.45) is 3.78. The Balaban J connectivity index is 1.44. The van der Waals surface area contributed by atoms with Gasteiger partial charge in [0.1, 0.15) is 6.04 Å². The Morgan fingerprint density at radius 2 is 1.66 bits per heavy atom. The van der Waals surface area contributed by atoms with E-state index in [9.17, 15) is 14.4 Å². The number of likely N-dealkylation sites (tertiary alicyclic amines) is 1. The normalized spacial score (nSPS) is 29.4. The van der Waals surface area contributed by atoms with Gasteiger partial charge < -0.3 is 20.6 Å². The number of alkyl halides is 1. The number of nitrogens with one attached hydrogen (secondary N) is 2. The van der Waals surface area contributed by atoms with Crippen molar-refractivity contribution in [1.29, 1.82) is 0 Å². The Hall–Kier alpha value is -2.07. The molecule has 3 heterocycles. The number of carbonyl (C=O) groups is 3. The first-order valence-electron chi connectivity index (χ1n) is 13.0. The van der Waals surface area contributed by atoms with E-state index in [2.05, 4.69) is 26.6 Å². The molecule has 3 fully saturated rings. The lowest BCUT2D eigenvalue weighted by Gasteiger charge is -2.35. The van der Waals surface area contributed by atoms with Gasteiger partial charge in [0, 0.05) is 39.6 Å². The number of amides is 3. The molecule has 2 aromatic carbocycles. The van der Waals surface area contributed by atoms with E-state index in [1.54, 1.807) is 40.9 Å². The third kappa shape index (κ3) is 5.10. The van der Waals surface area contributed by atoms with Crippen LogP contribution in [0.25, 0.3) is 0 Å². The molecule has 202 valence electrons. The van der Waals surface area contributed by atoms with E-state index in [4.69, 9.17) is 16.7 Å². The van der Waals surface area contributed by atoms with Crippen LogP contribution in [0, 0.1) is 11.8 Å². The first-order chi connectivity index (χ1) is 18.4. The topological polar surface area (TPSA) is 98.7 Å². The molecule has 2 bridgehead atoms. The van der Waals surface area contributed by atoms with Crippen molar-refractivity contribution in [1.82, 2.24) is 4.90 Å². The van der Waals surface area contributed by atoms with E-state index >= 15 is 0 Å². The van der Waals surface area contributed by atoms with Crippen LogP contribution in [0.15, 0.2) is 54.6 Å². The Bertz CT molecular complexity index is 1190. The zero-order valence-corrected chi connectivity index (χ0v) is 24.0. The molecule has 0 aromatic heterocycles. The van der Waals surface area contributed by atoms with E-state index in [0.29, 0.717) is 35.8 Å². The van der Waals surface area contributed by atoms with Crippen molar-refractivity contribution in [3.63, 3.8) is 0 Å². The third-order valence-electron chi connectivity index (χ3n) is 7.80. The second kappa shape index (κ2) is 11.6. The molecule has 5 rings (SSSR count). The van der Waals surface area contributed by atoms with Crippen molar-refractivity contribution in [2.45, 2.75) is 53.0 Å². The van der Waals surface area contributed by atoms with Crippen molar-refractivity contribution >= 4 is 68.4 Å². The molecule has 6 atom stereocenters. The highest BCUT2D eigenvalue weighted by Crippen LogP contribution is 2.67. The Kier molecular flexibility index (Phi) is 8.38. The molecule has 38 heavy (non-hydrogen) atoms. The number of benzene rings is 2. The second-order valence-corrected chi connectivity index (χ2v) is 13.3. The number of aliphatic hydroxyl groups excluding tert-OH is 1. The van der Waals surface area contributed by atoms with E-state index in [1.165, 1.54) is 0 Å². The average molecular weight is 621 g/mol. The van der Waals surface area contributed by atoms with Crippen LogP contribution in [0.5, 0.6) is 0 Å². The molecule has 3 aliphatic rings. The van der Waals surface area contributed by atoms with Gasteiger partial charge in [0.05, 0.1) is 16.6 Å². The van der Waals surface area contributed by atoms with Crippen molar-refractivity contribution < 1.29 is 19.5 Å². The minimum atomic E-state index is -0.698. The zero-order chi connectivity index (χ0) is 26.9. The maximum Gasteiger partial charge on any atom is 0.248 e. The smallest absolute Gasteiger partial charge is 0.248 e. The number of carbonyl (C=O) groups excluding carboxylic acids is 3. The van der Waals surface area contributed by atoms with Gasteiger partial charge in [-0.2, -0.15) is 0 Å². The Morgan fingerprint density at radius 1 is 1.00 bits per heavy atom. The SMILES string of the molecule is O=C(Nc1ccc(Cl)cc1)C1N(CCCCCCO)C(=O)[C@@H]2[C@@H](C(=O)Nc3ccccc3)[C@@H]3SC12CC3Br. The third-order valence-corrected chi connectivity index (χ3v) is 11.3. The molecule has 0 saturated carbocycles. The number of halogens is 2. The molecule has 3 amide bonds. The monoisotopic (exact) mass is 619 g/mol. The lowest BCUT2D eigenvalue weighted by molar-refractivity contribution is -0.138. The van der Waals surface area contributed by atoms with Gasteiger partial charge in [0.2, 0.25) is 17.7 Å². The van der Waals surface area contributed by atoms with Crippen LogP contribution in [-0.4, -0.2) is 61.7 Å². The quantitative estimate of drug-likeness (QED) is 0.258. The fourth-order valence-electron chi connectivity index (χ4n) is 6.21. The summed E-state index contributed by atoms with van der Waals surface area (Å²) >= 11 is 11.4. The molecule has 3 saturated heterocycles. The maximum absolute atomic E-state index is 14.1. The van der Waals surface area contributed by atoms with Gasteiger partial charge in [-0.15, -0.1) is 11.8 Å². The van der Waals surface area contributed by atoms with Crippen LogP contribution < -0.4 is 10.6 Å². The molecular weight excluding hydrogens is 590 g/mol. The standard InChI is InChI=1S/C28H31BrClN3O4S/c29-20-16-28-22(21(23(20)38-28)25(35)31-18-8-4-3-5-9-18)27(37)33(14-6-1-2-7-15-34)24(28)26(36)32-19-12-10-17(30)11-13-19/h3-5,8-13,20-24,34H,1-2,6-7,14-16H2,(H,31,35)(H,32,36)/t20?,21-,22+,23-,24?,28?/m1/s1. The second-order valence-electron chi connectivity index (χ2n) is 10.2. The molecule has 7 nitrogen and oxygen atoms in total. The van der Waals surface area contributed by atoms with Crippen molar-refractivity contribution in [3.8, 4) is 0 Å². The van der Waals surface area contributed by atoms with Crippen LogP contribution in [0.3, 0.4) is 0 Å². The van der Waals surface area contributed by atoms with Crippen LogP contribution in [0.1, 0.15) is 32.1 Å². The van der Waals surface area contributed by atoms with Gasteiger partial charge in [-0.1, -0.05) is 58.6 Å². The van der Waals surface area contributed by atoms with Gasteiger partial charge in [0.25, 0.3) is 0 Å². The number of hydrogen-bond acceptors (Lipinski definition) is 5. The first-order valence-corrected chi connectivity index (χ1v) is 15.2. The number of rotatable bonds is 10. The number of fused-ring (bicyclic) bond motifs is 1. The van der Waals surface area contributed by atoms with Crippen LogP contribution >= 0.6 is 39.3 Å². The number of anilines is 2. The van der Waals surface area contributed by atoms with Crippen molar-refractivity contribution in [2.75, 3.05) is 23.8 Å². The molecule has 0 aliphatic carbocycles. The molecule has 10 heteroatoms. The molecule has 3 unspecified atom stereocenters. The summed E-state index contributed by atoms with van der Waals surface area (Å²) in [5, 5.41) is 15.6. The summed E-state index contributed by atoms with van der Waals surface area (Å²) in [6.45, 7) is 0.579. The van der Waals surface area contributed by atoms with E-state index in [1.807, 2.05) is 30.3 Å². The van der Waals surface area contributed by atoms with Crippen LogP contribution in [0.2, 0.25) is 5.02 Å². The molecule has 3 aliphatic heterocycles. The fourth-order valence-corrected chi connectivity index (χ4v) is 9.95. The van der Waals surface area contributed by atoms with Crippen molar-refractivity contribution in [2.24, 2.45) is 11.8 Å². The number of hydrogen-bond donors (Lipinski definition) is 3. The van der Waals surface area contributed by atoms with E-state index in [0.717, 1.165) is 19.3 Å². The van der Waals surface area contributed by atoms with Gasteiger partial charge >= 0.3 is 0 Å². The van der Waals surface area contributed by atoms with Gasteiger partial charge in [-0.25, -0.2) is 0 Å². The van der Waals surface area contributed by atoms with E-state index in [-0.39, 0.29) is 34.4 Å². The van der Waals surface area contributed by atoms with Crippen molar-refractivity contribution in [3.05, 3.63) is 59.6 Å². The van der Waals surface area contributed by atoms with Gasteiger partial charge in [-0.05, 0) is 55.7 Å². The minimum Gasteiger partial charge on any atom is -0.396 e. The van der Waals surface area contributed by atoms with Gasteiger partial charge in [-0.3, -0.25) is 14.4 Å². The fraction of sp³-hybridized carbons (Fsp3) is 0.464. The summed E-state index contributed by atoms with van der Waals surface area (Å²) < 4.78 is -0.698. The summed E-state index contributed by atoms with van der Waals surface area (Å²) in [6, 6.07) is 15.5. The molecular formula is C28H31BrClN3O4S. The predicted molar refractivity (Wildman–Crippen MR) is 155 cm³/mol. The minimum absolute atomic E-state index is 0.0124. The van der Waals surface area contributed by atoms with Gasteiger partial charge in [0.15, 0.2) is 0 Å². The summed E-state index contributed by atoms with van der Waals surface area (Å²) in [4.78, 5) is 43.3. The number of unbranched alkanes of at least 4 members (excludes halogenated alkanes) is 3. The Labute approximate surface area is 240 Å². The van der Waals surface area contributed by atoms with Crippen LogP contribution in [0.4, 0.5) is 11.4 Å². The number of para-hydroxylation sites is 1. The highest BCUT2D eigenvalue weighted by atomic mass is 79.9. The maximum atomic E-state index is 14.1. The Morgan fingerprint density at radius 3 is 2.37 bits per heavy atom. The molecule has 0 radical (unpaired) electrons. The first kappa shape index (κ1) is 27.5. The lowest BCUT2D eigenvalue weighted by atomic mass is 9.70. The van der Waals surface area contributed by atoms with Crippen LogP contribution in [-0.2, 0) is 14.4 Å². The highest BCUT2D eigenvalue weighted by Gasteiger charge is 2.75. The highest BCUT2D eigenvalue weighted by molar-refractivity contribution is 9.09. The summed E-state index contributed by atoms with van der Waals surface area (Å²) in [7, 11) is 0. The summed E-state index contributed by atoms with van der Waals surface area (Å²) in [5.74, 6) is -1.66. The number of nitrogens with zero attached hydrogens (tertiary/aromatic N) is 1. The van der Waals surface area contributed by atoms with E-state index < -0.39 is 22.6 Å². The molecule has 3 N–H and O–H groups in total. The largest absolute Gasteiger partial charge is 0.396 e. The number of thioether (sulfide) groups is 1. The predicted octanol–water partition coefficient (Wildman–Crippen LogP) is 4.93.